The third-order valence-electron chi connectivity index (χ3n) is 2.18. The minimum atomic E-state index is -0.217. The summed E-state index contributed by atoms with van der Waals surface area (Å²) >= 11 is 1.55. The van der Waals surface area contributed by atoms with Gasteiger partial charge in [0, 0.05) is 15.8 Å². The molecule has 0 saturated carbocycles. The number of fused-ring (bicyclic) bond motifs is 1. The summed E-state index contributed by atoms with van der Waals surface area (Å²) in [7, 11) is 0. The average Bonchev–Trinajstić information content (AvgIpc) is 2.53. The summed E-state index contributed by atoms with van der Waals surface area (Å²) < 4.78 is 14.3. The van der Waals surface area contributed by atoms with Crippen LogP contribution in [-0.2, 0) is 6.42 Å². The molecule has 0 aliphatic heterocycles. The Labute approximate surface area is 80.0 Å². The van der Waals surface area contributed by atoms with Crippen molar-refractivity contribution in [2.45, 2.75) is 13.3 Å². The largest absolute Gasteiger partial charge is 0.398 e. The average molecular weight is 195 g/mol. The van der Waals surface area contributed by atoms with Crippen LogP contribution in [-0.4, -0.2) is 0 Å². The first kappa shape index (κ1) is 8.51. The lowest BCUT2D eigenvalue weighted by molar-refractivity contribution is 0.640. The smallest absolute Gasteiger partial charge is 0.133 e. The molecule has 0 aliphatic rings. The molecule has 1 nitrogen and oxygen atoms in total. The van der Waals surface area contributed by atoms with Crippen molar-refractivity contribution >= 4 is 27.1 Å². The minimum absolute atomic E-state index is 0.217. The van der Waals surface area contributed by atoms with E-state index in [9.17, 15) is 4.39 Å². The number of nitrogen functional groups attached to an aromatic ring is 1. The second-order valence-corrected chi connectivity index (χ2v) is 3.86. The summed E-state index contributed by atoms with van der Waals surface area (Å²) in [6, 6.07) is 3.21. The number of benzene rings is 1. The van der Waals surface area contributed by atoms with E-state index in [0.717, 1.165) is 16.7 Å². The predicted octanol–water partition coefficient (Wildman–Crippen LogP) is 3.19. The number of hydrogen-bond acceptors (Lipinski definition) is 2. The molecule has 2 N–H and O–H groups in total. The van der Waals surface area contributed by atoms with Crippen LogP contribution in [0.25, 0.3) is 10.1 Å². The molecule has 0 bridgehead atoms. The summed E-state index contributed by atoms with van der Waals surface area (Å²) in [6.45, 7) is 2.03. The summed E-state index contributed by atoms with van der Waals surface area (Å²) in [5.74, 6) is -0.217. The fourth-order valence-electron chi connectivity index (χ4n) is 1.53. The minimum Gasteiger partial charge on any atom is -0.398 e. The maximum atomic E-state index is 13.3. The second kappa shape index (κ2) is 3.00. The lowest BCUT2D eigenvalue weighted by Crippen LogP contribution is -1.94. The topological polar surface area (TPSA) is 26.0 Å². The quantitative estimate of drug-likeness (QED) is 0.695. The van der Waals surface area contributed by atoms with E-state index in [1.165, 1.54) is 6.07 Å². The maximum Gasteiger partial charge on any atom is 0.133 e. The second-order valence-electron chi connectivity index (χ2n) is 2.94. The van der Waals surface area contributed by atoms with Crippen molar-refractivity contribution in [1.29, 1.82) is 0 Å². The van der Waals surface area contributed by atoms with Gasteiger partial charge in [-0.05, 0) is 29.5 Å². The Hall–Kier alpha value is -1.09. The maximum absolute atomic E-state index is 13.3. The van der Waals surface area contributed by atoms with E-state index in [4.69, 9.17) is 5.73 Å². The Bertz CT molecular complexity index is 447. The lowest BCUT2D eigenvalue weighted by atomic mass is 10.1. The van der Waals surface area contributed by atoms with Crippen molar-refractivity contribution in [2.75, 3.05) is 5.73 Å². The molecule has 0 fully saturated rings. The molecular formula is C10H10FNS. The Balaban J connectivity index is 2.88. The van der Waals surface area contributed by atoms with Gasteiger partial charge in [-0.2, -0.15) is 0 Å². The number of aryl methyl sites for hydroxylation is 1. The molecule has 0 amide bonds. The SMILES string of the molecule is CCc1c(N)cc(F)c2ccsc12. The van der Waals surface area contributed by atoms with Gasteiger partial charge in [0.2, 0.25) is 0 Å². The summed E-state index contributed by atoms with van der Waals surface area (Å²) in [4.78, 5) is 0. The fourth-order valence-corrected chi connectivity index (χ4v) is 2.57. The van der Waals surface area contributed by atoms with Gasteiger partial charge in [-0.1, -0.05) is 6.92 Å². The van der Waals surface area contributed by atoms with E-state index in [1.807, 2.05) is 12.3 Å². The third kappa shape index (κ3) is 1.20. The zero-order valence-corrected chi connectivity index (χ0v) is 8.12. The van der Waals surface area contributed by atoms with E-state index in [1.54, 1.807) is 17.4 Å². The highest BCUT2D eigenvalue weighted by Crippen LogP contribution is 2.31. The van der Waals surface area contributed by atoms with Gasteiger partial charge < -0.3 is 5.73 Å². The molecular weight excluding hydrogens is 185 g/mol. The lowest BCUT2D eigenvalue weighted by Gasteiger charge is -2.04. The number of halogens is 1. The van der Waals surface area contributed by atoms with Crippen molar-refractivity contribution in [3.05, 3.63) is 28.9 Å². The Morgan fingerprint density at radius 2 is 2.31 bits per heavy atom. The molecule has 68 valence electrons. The van der Waals surface area contributed by atoms with Crippen molar-refractivity contribution in [3.63, 3.8) is 0 Å². The molecule has 0 atom stereocenters. The van der Waals surface area contributed by atoms with Crippen LogP contribution in [0, 0.1) is 5.82 Å². The molecule has 0 aliphatic carbocycles. The molecule has 0 unspecified atom stereocenters. The van der Waals surface area contributed by atoms with Crippen molar-refractivity contribution in [1.82, 2.24) is 0 Å². The van der Waals surface area contributed by atoms with Crippen molar-refractivity contribution in [3.8, 4) is 0 Å². The molecule has 13 heavy (non-hydrogen) atoms. The van der Waals surface area contributed by atoms with Gasteiger partial charge >= 0.3 is 0 Å². The summed E-state index contributed by atoms with van der Waals surface area (Å²) in [6.07, 6.45) is 0.850. The Kier molecular flexibility index (Phi) is 1.96. The third-order valence-corrected chi connectivity index (χ3v) is 3.16. The Morgan fingerprint density at radius 3 is 3.00 bits per heavy atom. The first-order chi connectivity index (χ1) is 6.24. The molecule has 2 rings (SSSR count). The number of thiophene rings is 1. The van der Waals surface area contributed by atoms with E-state index < -0.39 is 0 Å². The van der Waals surface area contributed by atoms with E-state index in [-0.39, 0.29) is 5.82 Å². The van der Waals surface area contributed by atoms with Crippen molar-refractivity contribution < 1.29 is 4.39 Å². The van der Waals surface area contributed by atoms with E-state index >= 15 is 0 Å². The Morgan fingerprint density at radius 1 is 1.54 bits per heavy atom. The van der Waals surface area contributed by atoms with Crippen LogP contribution in [0.5, 0.6) is 0 Å². The number of rotatable bonds is 1. The molecule has 0 radical (unpaired) electrons. The number of hydrogen-bond donors (Lipinski definition) is 1. The summed E-state index contributed by atoms with van der Waals surface area (Å²) in [5, 5.41) is 2.59. The number of nitrogens with two attached hydrogens (primary N) is 1. The van der Waals surface area contributed by atoms with Gasteiger partial charge in [-0.25, -0.2) is 4.39 Å². The van der Waals surface area contributed by atoms with E-state index in [0.29, 0.717) is 11.1 Å². The normalized spacial score (nSPS) is 10.9. The van der Waals surface area contributed by atoms with Crippen molar-refractivity contribution in [2.24, 2.45) is 0 Å². The van der Waals surface area contributed by atoms with Gasteiger partial charge in [0.05, 0.1) is 0 Å². The standard InChI is InChI=1S/C10H10FNS/c1-2-6-9(12)5-8(11)7-3-4-13-10(6)7/h3-5H,2,12H2,1H3. The molecule has 1 aromatic heterocycles. The van der Waals surface area contributed by atoms with Crippen LogP contribution in [0.15, 0.2) is 17.5 Å². The zero-order valence-electron chi connectivity index (χ0n) is 7.30. The van der Waals surface area contributed by atoms with Gasteiger partial charge in [-0.15, -0.1) is 11.3 Å². The van der Waals surface area contributed by atoms with E-state index in [2.05, 4.69) is 0 Å². The van der Waals surface area contributed by atoms with Crippen LogP contribution < -0.4 is 5.73 Å². The molecule has 1 aromatic carbocycles. The van der Waals surface area contributed by atoms with Gasteiger partial charge in [0.1, 0.15) is 5.82 Å². The zero-order chi connectivity index (χ0) is 9.42. The highest BCUT2D eigenvalue weighted by atomic mass is 32.1. The van der Waals surface area contributed by atoms with Crippen LogP contribution in [0.3, 0.4) is 0 Å². The predicted molar refractivity (Wildman–Crippen MR) is 55.6 cm³/mol. The van der Waals surface area contributed by atoms with Crippen LogP contribution >= 0.6 is 11.3 Å². The van der Waals surface area contributed by atoms with Gasteiger partial charge in [0.15, 0.2) is 0 Å². The van der Waals surface area contributed by atoms with Gasteiger partial charge in [0.25, 0.3) is 0 Å². The molecule has 1 heterocycles. The number of anilines is 1. The summed E-state index contributed by atoms with van der Waals surface area (Å²) in [5.41, 5.74) is 7.35. The van der Waals surface area contributed by atoms with Crippen LogP contribution in [0.4, 0.5) is 10.1 Å². The monoisotopic (exact) mass is 195 g/mol. The first-order valence-corrected chi connectivity index (χ1v) is 5.06. The molecule has 3 heteroatoms. The first-order valence-electron chi connectivity index (χ1n) is 4.18. The fraction of sp³-hybridized carbons (Fsp3) is 0.200. The van der Waals surface area contributed by atoms with Crippen LogP contribution in [0.1, 0.15) is 12.5 Å². The molecule has 2 aromatic rings. The highest BCUT2D eigenvalue weighted by Gasteiger charge is 2.09. The molecule has 0 saturated heterocycles. The highest BCUT2D eigenvalue weighted by molar-refractivity contribution is 7.17. The van der Waals surface area contributed by atoms with Crippen LogP contribution in [0.2, 0.25) is 0 Å². The molecule has 0 spiro atoms. The van der Waals surface area contributed by atoms with Gasteiger partial charge in [-0.3, -0.25) is 0 Å².